The standard InChI is InChI=1S/C15H15FN4O/c1-10-17-9-18-15(19-10)20-7-6-13(14(21)8-20)11-2-4-12(16)5-3-11/h2-6,9,14,21H,7-8H2,1H3/t14-/m0/s1. The van der Waals surface area contributed by atoms with Crippen LogP contribution in [0.15, 0.2) is 36.7 Å². The Kier molecular flexibility index (Phi) is 3.62. The second-order valence-corrected chi connectivity index (χ2v) is 4.92. The molecule has 2 aromatic rings. The quantitative estimate of drug-likeness (QED) is 0.908. The molecule has 21 heavy (non-hydrogen) atoms. The molecule has 0 saturated carbocycles. The number of hydrogen-bond donors (Lipinski definition) is 1. The molecule has 1 aliphatic rings. The van der Waals surface area contributed by atoms with E-state index in [2.05, 4.69) is 15.0 Å². The van der Waals surface area contributed by atoms with Gasteiger partial charge < -0.3 is 10.0 Å². The molecule has 0 spiro atoms. The summed E-state index contributed by atoms with van der Waals surface area (Å²) in [5.74, 6) is 0.908. The Morgan fingerprint density at radius 2 is 2.00 bits per heavy atom. The zero-order chi connectivity index (χ0) is 14.8. The summed E-state index contributed by atoms with van der Waals surface area (Å²) in [7, 11) is 0. The van der Waals surface area contributed by atoms with Crippen LogP contribution in [0.4, 0.5) is 10.3 Å². The molecule has 6 heteroatoms. The van der Waals surface area contributed by atoms with E-state index in [-0.39, 0.29) is 5.82 Å². The van der Waals surface area contributed by atoms with Gasteiger partial charge in [0.1, 0.15) is 18.0 Å². The first-order valence-corrected chi connectivity index (χ1v) is 6.68. The molecule has 1 atom stereocenters. The van der Waals surface area contributed by atoms with Crippen LogP contribution in [0.2, 0.25) is 0 Å². The van der Waals surface area contributed by atoms with E-state index in [1.807, 2.05) is 11.0 Å². The van der Waals surface area contributed by atoms with Crippen LogP contribution in [-0.4, -0.2) is 39.3 Å². The van der Waals surface area contributed by atoms with Crippen molar-refractivity contribution in [2.45, 2.75) is 13.0 Å². The van der Waals surface area contributed by atoms with E-state index in [4.69, 9.17) is 0 Å². The fourth-order valence-corrected chi connectivity index (χ4v) is 2.36. The van der Waals surface area contributed by atoms with Gasteiger partial charge in [0.05, 0.1) is 12.6 Å². The Labute approximate surface area is 121 Å². The predicted octanol–water partition coefficient (Wildman–Crippen LogP) is 1.58. The lowest BCUT2D eigenvalue weighted by Gasteiger charge is -2.30. The van der Waals surface area contributed by atoms with E-state index < -0.39 is 6.10 Å². The summed E-state index contributed by atoms with van der Waals surface area (Å²) in [5, 5.41) is 10.3. The van der Waals surface area contributed by atoms with Crippen LogP contribution in [0, 0.1) is 12.7 Å². The summed E-state index contributed by atoms with van der Waals surface area (Å²) < 4.78 is 13.0. The smallest absolute Gasteiger partial charge is 0.228 e. The lowest BCUT2D eigenvalue weighted by Crippen LogP contribution is -2.38. The maximum absolute atomic E-state index is 13.0. The second kappa shape index (κ2) is 5.57. The fraction of sp³-hybridized carbons (Fsp3) is 0.267. The second-order valence-electron chi connectivity index (χ2n) is 4.92. The van der Waals surface area contributed by atoms with E-state index in [9.17, 15) is 9.50 Å². The first-order chi connectivity index (χ1) is 10.1. The van der Waals surface area contributed by atoms with Crippen molar-refractivity contribution in [1.29, 1.82) is 0 Å². The lowest BCUT2D eigenvalue weighted by atomic mass is 9.97. The first-order valence-electron chi connectivity index (χ1n) is 6.68. The van der Waals surface area contributed by atoms with Gasteiger partial charge in [-0.2, -0.15) is 4.98 Å². The van der Waals surface area contributed by atoms with E-state index in [1.165, 1.54) is 18.5 Å². The molecule has 0 amide bonds. The minimum atomic E-state index is -0.665. The number of hydrogen-bond acceptors (Lipinski definition) is 5. The number of aliphatic hydroxyl groups excluding tert-OH is 1. The molecule has 0 unspecified atom stereocenters. The average molecular weight is 286 g/mol. The van der Waals surface area contributed by atoms with Crippen molar-refractivity contribution in [3.05, 3.63) is 53.9 Å². The molecule has 1 aromatic heterocycles. The van der Waals surface area contributed by atoms with Crippen molar-refractivity contribution in [3.63, 3.8) is 0 Å². The van der Waals surface area contributed by atoms with Crippen molar-refractivity contribution in [2.24, 2.45) is 0 Å². The third-order valence-electron chi connectivity index (χ3n) is 3.42. The third-order valence-corrected chi connectivity index (χ3v) is 3.42. The maximum atomic E-state index is 13.0. The van der Waals surface area contributed by atoms with Crippen LogP contribution < -0.4 is 4.90 Å². The number of aromatic nitrogens is 3. The lowest BCUT2D eigenvalue weighted by molar-refractivity contribution is 0.233. The Morgan fingerprint density at radius 3 is 2.67 bits per heavy atom. The van der Waals surface area contributed by atoms with Gasteiger partial charge in [-0.15, -0.1) is 0 Å². The van der Waals surface area contributed by atoms with Crippen molar-refractivity contribution < 1.29 is 9.50 Å². The van der Waals surface area contributed by atoms with Gasteiger partial charge in [-0.05, 0) is 30.2 Å². The van der Waals surface area contributed by atoms with Gasteiger partial charge in [-0.1, -0.05) is 18.2 Å². The highest BCUT2D eigenvalue weighted by Gasteiger charge is 2.23. The highest BCUT2D eigenvalue weighted by Crippen LogP contribution is 2.24. The van der Waals surface area contributed by atoms with Gasteiger partial charge in [0.15, 0.2) is 0 Å². The summed E-state index contributed by atoms with van der Waals surface area (Å²) in [6, 6.07) is 6.13. The number of aryl methyl sites for hydroxylation is 1. The molecule has 0 saturated heterocycles. The van der Waals surface area contributed by atoms with Crippen molar-refractivity contribution in [1.82, 2.24) is 15.0 Å². The molecule has 0 fully saturated rings. The Bertz CT molecular complexity index is 672. The number of benzene rings is 1. The third kappa shape index (κ3) is 2.90. The fourth-order valence-electron chi connectivity index (χ4n) is 2.36. The topological polar surface area (TPSA) is 62.1 Å². The normalized spacial score (nSPS) is 18.5. The number of rotatable bonds is 2. The summed E-state index contributed by atoms with van der Waals surface area (Å²) in [5.41, 5.74) is 1.63. The van der Waals surface area contributed by atoms with Crippen molar-refractivity contribution in [2.75, 3.05) is 18.0 Å². The van der Waals surface area contributed by atoms with E-state index >= 15 is 0 Å². The SMILES string of the molecule is Cc1ncnc(N2CC=C(c3ccc(F)cc3)[C@@H](O)C2)n1. The Morgan fingerprint density at radius 1 is 1.24 bits per heavy atom. The monoisotopic (exact) mass is 286 g/mol. The van der Waals surface area contributed by atoms with Gasteiger partial charge in [0, 0.05) is 6.54 Å². The highest BCUT2D eigenvalue weighted by molar-refractivity contribution is 5.71. The van der Waals surface area contributed by atoms with E-state index in [0.717, 1.165) is 11.1 Å². The predicted molar refractivity (Wildman–Crippen MR) is 77.2 cm³/mol. The van der Waals surface area contributed by atoms with Gasteiger partial charge in [0.2, 0.25) is 5.95 Å². The summed E-state index contributed by atoms with van der Waals surface area (Å²) >= 11 is 0. The highest BCUT2D eigenvalue weighted by atomic mass is 19.1. The average Bonchev–Trinajstić information content (AvgIpc) is 2.48. The van der Waals surface area contributed by atoms with Crippen molar-refractivity contribution >= 4 is 11.5 Å². The maximum Gasteiger partial charge on any atom is 0.228 e. The summed E-state index contributed by atoms with van der Waals surface area (Å²) in [6.07, 6.45) is 2.71. The first kappa shape index (κ1) is 13.6. The molecule has 1 aliphatic heterocycles. The molecule has 1 N–H and O–H groups in total. The molecule has 2 heterocycles. The van der Waals surface area contributed by atoms with Crippen LogP contribution in [0.1, 0.15) is 11.4 Å². The largest absolute Gasteiger partial charge is 0.387 e. The van der Waals surface area contributed by atoms with E-state index in [1.54, 1.807) is 19.1 Å². The minimum absolute atomic E-state index is 0.285. The van der Waals surface area contributed by atoms with E-state index in [0.29, 0.717) is 24.9 Å². The molecule has 0 aliphatic carbocycles. The zero-order valence-corrected chi connectivity index (χ0v) is 11.6. The van der Waals surface area contributed by atoms with Gasteiger partial charge >= 0.3 is 0 Å². The Balaban J connectivity index is 1.83. The summed E-state index contributed by atoms with van der Waals surface area (Å²) in [6.45, 7) is 2.78. The van der Waals surface area contributed by atoms with Crippen LogP contribution in [0.5, 0.6) is 0 Å². The number of halogens is 1. The number of aliphatic hydroxyl groups is 1. The number of nitrogens with zero attached hydrogens (tertiary/aromatic N) is 4. The van der Waals surface area contributed by atoms with Crippen LogP contribution in [0.25, 0.3) is 5.57 Å². The van der Waals surface area contributed by atoms with Crippen LogP contribution in [0.3, 0.4) is 0 Å². The molecule has 3 rings (SSSR count). The zero-order valence-electron chi connectivity index (χ0n) is 11.6. The number of β-amino-alcohol motifs (C(OH)–C–C–N with tert-alkyl or cyclic N) is 1. The molecule has 108 valence electrons. The molecular weight excluding hydrogens is 271 g/mol. The molecule has 1 aromatic carbocycles. The molecule has 0 bridgehead atoms. The molecule has 0 radical (unpaired) electrons. The summed E-state index contributed by atoms with van der Waals surface area (Å²) in [4.78, 5) is 14.2. The van der Waals surface area contributed by atoms with Gasteiger partial charge in [-0.25, -0.2) is 14.4 Å². The Hall–Kier alpha value is -2.34. The minimum Gasteiger partial charge on any atom is -0.387 e. The molecule has 5 nitrogen and oxygen atoms in total. The van der Waals surface area contributed by atoms with Crippen molar-refractivity contribution in [3.8, 4) is 0 Å². The number of anilines is 1. The van der Waals surface area contributed by atoms with Gasteiger partial charge in [0.25, 0.3) is 0 Å². The van der Waals surface area contributed by atoms with Gasteiger partial charge in [-0.3, -0.25) is 0 Å². The van der Waals surface area contributed by atoms with Crippen LogP contribution in [-0.2, 0) is 0 Å². The molecular formula is C15H15FN4O. The van der Waals surface area contributed by atoms with Crippen LogP contribution >= 0.6 is 0 Å².